The molecule has 2 aliphatic heterocycles. The highest BCUT2D eigenvalue weighted by Crippen LogP contribution is 2.34. The number of aromatic nitrogens is 2. The molecule has 2 fully saturated rings. The molecule has 1 atom stereocenters. The molecule has 0 spiro atoms. The molecule has 5 heteroatoms. The van der Waals surface area contributed by atoms with Crippen molar-refractivity contribution in [3.05, 3.63) is 11.7 Å². The second kappa shape index (κ2) is 4.63. The van der Waals surface area contributed by atoms with E-state index in [1.165, 1.54) is 0 Å². The predicted molar refractivity (Wildman–Crippen MR) is 66.6 cm³/mol. The van der Waals surface area contributed by atoms with Crippen LogP contribution in [0, 0.1) is 0 Å². The fraction of sp³-hybridized carbons (Fsp3) is 0.846. The van der Waals surface area contributed by atoms with Gasteiger partial charge in [-0.1, -0.05) is 12.1 Å². The first kappa shape index (κ1) is 12.1. The Morgan fingerprint density at radius 3 is 2.78 bits per heavy atom. The van der Waals surface area contributed by atoms with Crippen LogP contribution in [-0.4, -0.2) is 48.4 Å². The Morgan fingerprint density at radius 2 is 2.11 bits per heavy atom. The normalized spacial score (nSPS) is 28.7. The highest BCUT2D eigenvalue weighted by Gasteiger charge is 2.36. The van der Waals surface area contributed by atoms with E-state index in [1.807, 2.05) is 0 Å². The third-order valence-electron chi connectivity index (χ3n) is 4.34. The van der Waals surface area contributed by atoms with Gasteiger partial charge >= 0.3 is 0 Å². The van der Waals surface area contributed by atoms with Gasteiger partial charge < -0.3 is 14.2 Å². The summed E-state index contributed by atoms with van der Waals surface area (Å²) in [5.74, 6) is 1.98. The molecule has 1 aromatic heterocycles. The predicted octanol–water partition coefficient (Wildman–Crippen LogP) is 1.56. The molecule has 1 aromatic rings. The van der Waals surface area contributed by atoms with E-state index in [1.54, 1.807) is 0 Å². The lowest BCUT2D eigenvalue weighted by molar-refractivity contribution is 0.165. The maximum absolute atomic E-state index is 5.52. The van der Waals surface area contributed by atoms with Crippen molar-refractivity contribution in [2.45, 2.75) is 37.5 Å². The molecule has 3 heterocycles. The molecule has 0 aromatic carbocycles. The van der Waals surface area contributed by atoms with E-state index in [0.717, 1.165) is 57.3 Å². The highest BCUT2D eigenvalue weighted by molar-refractivity contribution is 5.08. The lowest BCUT2D eigenvalue weighted by Crippen LogP contribution is -2.39. The first-order chi connectivity index (χ1) is 8.67. The smallest absolute Gasteiger partial charge is 0.232 e. The van der Waals surface area contributed by atoms with Gasteiger partial charge in [-0.05, 0) is 39.4 Å². The fourth-order valence-electron chi connectivity index (χ4n) is 2.71. The van der Waals surface area contributed by atoms with Crippen molar-refractivity contribution >= 4 is 0 Å². The van der Waals surface area contributed by atoms with Crippen molar-refractivity contribution in [1.29, 1.82) is 0 Å². The summed E-state index contributed by atoms with van der Waals surface area (Å²) in [6.45, 7) is 5.99. The first-order valence-electron chi connectivity index (χ1n) is 6.78. The lowest BCUT2D eigenvalue weighted by atomic mass is 9.80. The van der Waals surface area contributed by atoms with Gasteiger partial charge in [-0.2, -0.15) is 4.98 Å². The van der Waals surface area contributed by atoms with Gasteiger partial charge in [0.05, 0.1) is 6.61 Å². The van der Waals surface area contributed by atoms with Gasteiger partial charge in [0.2, 0.25) is 5.89 Å². The summed E-state index contributed by atoms with van der Waals surface area (Å²) in [4.78, 5) is 6.99. The SMILES string of the molecule is CN1CCC(C)(c2nc([C@@H]3CCOC3)no2)CC1. The summed E-state index contributed by atoms with van der Waals surface area (Å²) in [7, 11) is 2.16. The molecule has 0 aliphatic carbocycles. The molecular formula is C13H21N3O2. The van der Waals surface area contributed by atoms with Crippen LogP contribution in [0.1, 0.15) is 43.8 Å². The Bertz CT molecular complexity index is 404. The number of nitrogens with zero attached hydrogens (tertiary/aromatic N) is 3. The lowest BCUT2D eigenvalue weighted by Gasteiger charge is -2.34. The molecule has 0 amide bonds. The van der Waals surface area contributed by atoms with Crippen molar-refractivity contribution in [1.82, 2.24) is 15.0 Å². The Labute approximate surface area is 107 Å². The Kier molecular flexibility index (Phi) is 3.11. The quantitative estimate of drug-likeness (QED) is 0.798. The summed E-state index contributed by atoms with van der Waals surface area (Å²) in [6, 6.07) is 0. The van der Waals surface area contributed by atoms with Crippen LogP contribution in [0.3, 0.4) is 0 Å². The summed E-state index contributed by atoms with van der Waals surface area (Å²) < 4.78 is 10.9. The van der Waals surface area contributed by atoms with Crippen LogP contribution in [0.2, 0.25) is 0 Å². The van der Waals surface area contributed by atoms with Crippen LogP contribution < -0.4 is 0 Å². The number of hydrogen-bond acceptors (Lipinski definition) is 5. The van der Waals surface area contributed by atoms with E-state index in [9.17, 15) is 0 Å². The van der Waals surface area contributed by atoms with Gasteiger partial charge in [0, 0.05) is 17.9 Å². The van der Waals surface area contributed by atoms with Crippen molar-refractivity contribution in [2.75, 3.05) is 33.4 Å². The number of piperidine rings is 1. The van der Waals surface area contributed by atoms with Gasteiger partial charge in [-0.3, -0.25) is 0 Å². The minimum atomic E-state index is 0.0528. The Balaban J connectivity index is 1.75. The van der Waals surface area contributed by atoms with E-state index in [0.29, 0.717) is 5.92 Å². The van der Waals surface area contributed by atoms with E-state index in [-0.39, 0.29) is 5.41 Å². The van der Waals surface area contributed by atoms with Gasteiger partial charge in [0.15, 0.2) is 5.82 Å². The van der Waals surface area contributed by atoms with E-state index in [2.05, 4.69) is 29.0 Å². The molecule has 2 aliphatic rings. The first-order valence-corrected chi connectivity index (χ1v) is 6.78. The molecular weight excluding hydrogens is 230 g/mol. The van der Waals surface area contributed by atoms with Crippen LogP contribution in [0.25, 0.3) is 0 Å². The minimum Gasteiger partial charge on any atom is -0.381 e. The van der Waals surface area contributed by atoms with Crippen molar-refractivity contribution in [3.63, 3.8) is 0 Å². The summed E-state index contributed by atoms with van der Waals surface area (Å²) in [5.41, 5.74) is 0.0528. The molecule has 0 bridgehead atoms. The van der Waals surface area contributed by atoms with Gasteiger partial charge in [-0.15, -0.1) is 0 Å². The van der Waals surface area contributed by atoms with Crippen molar-refractivity contribution < 1.29 is 9.26 Å². The van der Waals surface area contributed by atoms with Gasteiger partial charge in [0.1, 0.15) is 0 Å². The number of ether oxygens (including phenoxy) is 1. The van der Waals surface area contributed by atoms with E-state index < -0.39 is 0 Å². The molecule has 5 nitrogen and oxygen atoms in total. The van der Waals surface area contributed by atoms with Crippen LogP contribution in [0.4, 0.5) is 0 Å². The number of hydrogen-bond donors (Lipinski definition) is 0. The zero-order chi connectivity index (χ0) is 12.6. The minimum absolute atomic E-state index is 0.0528. The fourth-order valence-corrected chi connectivity index (χ4v) is 2.71. The van der Waals surface area contributed by atoms with Crippen molar-refractivity contribution in [2.24, 2.45) is 0 Å². The second-order valence-electron chi connectivity index (χ2n) is 5.88. The second-order valence-corrected chi connectivity index (χ2v) is 5.88. The molecule has 0 saturated carbocycles. The molecule has 3 rings (SSSR count). The molecule has 100 valence electrons. The van der Waals surface area contributed by atoms with Crippen LogP contribution in [-0.2, 0) is 10.2 Å². The maximum atomic E-state index is 5.52. The highest BCUT2D eigenvalue weighted by atomic mass is 16.5. The number of rotatable bonds is 2. The monoisotopic (exact) mass is 251 g/mol. The Morgan fingerprint density at radius 1 is 1.33 bits per heavy atom. The van der Waals surface area contributed by atoms with E-state index >= 15 is 0 Å². The zero-order valence-corrected chi connectivity index (χ0v) is 11.2. The maximum Gasteiger partial charge on any atom is 0.232 e. The van der Waals surface area contributed by atoms with Gasteiger partial charge in [0.25, 0.3) is 0 Å². The third kappa shape index (κ3) is 2.17. The molecule has 0 radical (unpaired) electrons. The summed E-state index contributed by atoms with van der Waals surface area (Å²) >= 11 is 0. The topological polar surface area (TPSA) is 51.4 Å². The van der Waals surface area contributed by atoms with Crippen molar-refractivity contribution in [3.8, 4) is 0 Å². The van der Waals surface area contributed by atoms with Crippen LogP contribution in [0.5, 0.6) is 0 Å². The van der Waals surface area contributed by atoms with Crippen LogP contribution in [0.15, 0.2) is 4.52 Å². The average Bonchev–Trinajstić information content (AvgIpc) is 3.01. The zero-order valence-electron chi connectivity index (χ0n) is 11.2. The largest absolute Gasteiger partial charge is 0.381 e. The van der Waals surface area contributed by atoms with Gasteiger partial charge in [-0.25, -0.2) is 0 Å². The summed E-state index contributed by atoms with van der Waals surface area (Å²) in [6.07, 6.45) is 3.19. The molecule has 18 heavy (non-hydrogen) atoms. The molecule has 2 saturated heterocycles. The summed E-state index contributed by atoms with van der Waals surface area (Å²) in [5, 5.41) is 4.16. The molecule has 0 unspecified atom stereocenters. The number of likely N-dealkylation sites (tertiary alicyclic amines) is 1. The van der Waals surface area contributed by atoms with Crippen LogP contribution >= 0.6 is 0 Å². The third-order valence-corrected chi connectivity index (χ3v) is 4.34. The standard InChI is InChI=1S/C13H21N3O2/c1-13(4-6-16(2)7-5-13)12-14-11(15-18-12)10-3-8-17-9-10/h10H,3-9H2,1-2H3/t10-/m1/s1. The Hall–Kier alpha value is -0.940. The van der Waals surface area contributed by atoms with E-state index in [4.69, 9.17) is 9.26 Å². The molecule has 0 N–H and O–H groups in total. The average molecular weight is 251 g/mol.